The highest BCUT2D eigenvalue weighted by molar-refractivity contribution is 7.88. The molecule has 0 aliphatic carbocycles. The lowest BCUT2D eigenvalue weighted by Gasteiger charge is -2.15. The summed E-state index contributed by atoms with van der Waals surface area (Å²) in [5.41, 5.74) is -6.37. The molecule has 18 heavy (non-hydrogen) atoms. The highest BCUT2D eigenvalue weighted by Gasteiger charge is 2.48. The monoisotopic (exact) mass is 283 g/mol. The lowest BCUT2D eigenvalue weighted by Crippen LogP contribution is -2.30. The molecule has 0 bridgehead atoms. The molecule has 0 saturated heterocycles. The lowest BCUT2D eigenvalue weighted by molar-refractivity contribution is -0.255. The van der Waals surface area contributed by atoms with Gasteiger partial charge in [0.15, 0.2) is 5.75 Å². The van der Waals surface area contributed by atoms with Crippen molar-refractivity contribution >= 4 is 16.1 Å². The van der Waals surface area contributed by atoms with E-state index in [1.807, 2.05) is 0 Å². The van der Waals surface area contributed by atoms with Crippen molar-refractivity contribution in [1.82, 2.24) is 0 Å². The number of hydrogen-bond acceptors (Lipinski definition) is 5. The second kappa shape index (κ2) is 4.48. The smallest absolute Gasteiger partial charge is 0.534 e. The van der Waals surface area contributed by atoms with Gasteiger partial charge in [-0.3, -0.25) is 0 Å². The van der Waals surface area contributed by atoms with Crippen molar-refractivity contribution in [3.8, 4) is 5.75 Å². The number of aryl methyl sites for hydroxylation is 1. The van der Waals surface area contributed by atoms with Gasteiger partial charge >= 0.3 is 15.6 Å². The van der Waals surface area contributed by atoms with Gasteiger partial charge in [-0.1, -0.05) is 12.1 Å². The van der Waals surface area contributed by atoms with Gasteiger partial charge in [0, 0.05) is 5.56 Å². The van der Waals surface area contributed by atoms with Gasteiger partial charge < -0.3 is 14.1 Å². The fourth-order valence-corrected chi connectivity index (χ4v) is 1.61. The predicted molar refractivity (Wildman–Crippen MR) is 51.1 cm³/mol. The maximum absolute atomic E-state index is 12.1. The first kappa shape index (κ1) is 14.3. The maximum atomic E-state index is 12.1. The summed E-state index contributed by atoms with van der Waals surface area (Å²) < 4.78 is 61.5. The SMILES string of the molecule is Cc1cccc(OS(=O)(=O)C(F)(F)F)c1C(=O)[O-]. The van der Waals surface area contributed by atoms with Crippen LogP contribution in [0.3, 0.4) is 0 Å². The Morgan fingerprint density at radius 2 is 1.89 bits per heavy atom. The molecule has 0 aliphatic rings. The molecule has 0 amide bonds. The molecule has 0 aromatic heterocycles. The molecule has 5 nitrogen and oxygen atoms in total. The summed E-state index contributed by atoms with van der Waals surface area (Å²) >= 11 is 0. The Morgan fingerprint density at radius 1 is 1.33 bits per heavy atom. The number of carboxylic acids is 1. The molecular weight excluding hydrogens is 277 g/mol. The largest absolute Gasteiger partial charge is 0.545 e. The molecular formula is C9H6F3O5S-. The van der Waals surface area contributed by atoms with E-state index in [0.717, 1.165) is 12.1 Å². The Morgan fingerprint density at radius 3 is 2.33 bits per heavy atom. The van der Waals surface area contributed by atoms with Crippen LogP contribution in [0.25, 0.3) is 0 Å². The van der Waals surface area contributed by atoms with Crippen molar-refractivity contribution < 1.29 is 35.7 Å². The summed E-state index contributed by atoms with van der Waals surface area (Å²) in [7, 11) is -5.91. The highest BCUT2D eigenvalue weighted by Crippen LogP contribution is 2.29. The van der Waals surface area contributed by atoms with Crippen molar-refractivity contribution in [1.29, 1.82) is 0 Å². The standard InChI is InChI=1S/C9H7F3O5S/c1-5-3-2-4-6(7(5)8(13)14)17-18(15,16)9(10,11)12/h2-4H,1H3,(H,13,14)/p-1. The van der Waals surface area contributed by atoms with Crippen molar-refractivity contribution in [2.45, 2.75) is 12.4 Å². The normalized spacial score (nSPS) is 12.2. The first-order chi connectivity index (χ1) is 8.06. The van der Waals surface area contributed by atoms with Crippen molar-refractivity contribution in [2.24, 2.45) is 0 Å². The van der Waals surface area contributed by atoms with Crippen LogP contribution in [0, 0.1) is 6.92 Å². The summed E-state index contributed by atoms with van der Waals surface area (Å²) in [5, 5.41) is 10.7. The second-order valence-corrected chi connectivity index (χ2v) is 4.76. The van der Waals surface area contributed by atoms with Crippen molar-refractivity contribution in [3.63, 3.8) is 0 Å². The van der Waals surface area contributed by atoms with E-state index in [-0.39, 0.29) is 5.56 Å². The zero-order chi connectivity index (χ0) is 14.1. The molecule has 0 fully saturated rings. The van der Waals surface area contributed by atoms with Crippen LogP contribution in [0.15, 0.2) is 18.2 Å². The van der Waals surface area contributed by atoms with E-state index in [0.29, 0.717) is 0 Å². The predicted octanol–water partition coefficient (Wildman–Crippen LogP) is 0.587. The fraction of sp³-hybridized carbons (Fsp3) is 0.222. The molecule has 0 heterocycles. The van der Waals surface area contributed by atoms with Crippen LogP contribution in [-0.2, 0) is 10.1 Å². The first-order valence-electron chi connectivity index (χ1n) is 4.38. The maximum Gasteiger partial charge on any atom is 0.534 e. The quantitative estimate of drug-likeness (QED) is 0.598. The summed E-state index contributed by atoms with van der Waals surface area (Å²) in [5.74, 6) is -2.77. The van der Waals surface area contributed by atoms with E-state index < -0.39 is 32.9 Å². The van der Waals surface area contributed by atoms with Gasteiger partial charge in [-0.2, -0.15) is 21.6 Å². The van der Waals surface area contributed by atoms with E-state index in [1.54, 1.807) is 0 Å². The van der Waals surface area contributed by atoms with Gasteiger partial charge in [-0.25, -0.2) is 0 Å². The van der Waals surface area contributed by atoms with Crippen molar-refractivity contribution in [2.75, 3.05) is 0 Å². The average molecular weight is 283 g/mol. The Hall–Kier alpha value is -1.77. The molecule has 1 aromatic carbocycles. The van der Waals surface area contributed by atoms with Gasteiger partial charge in [0.2, 0.25) is 0 Å². The van der Waals surface area contributed by atoms with Gasteiger partial charge in [0.1, 0.15) is 0 Å². The third-order valence-corrected chi connectivity index (χ3v) is 2.89. The fourth-order valence-electron chi connectivity index (χ4n) is 1.14. The Balaban J connectivity index is 3.30. The third-order valence-electron chi connectivity index (χ3n) is 1.92. The second-order valence-electron chi connectivity index (χ2n) is 3.22. The lowest BCUT2D eigenvalue weighted by atomic mass is 10.1. The molecule has 9 heteroatoms. The van der Waals surface area contributed by atoms with Crippen LogP contribution in [0.4, 0.5) is 13.2 Å². The number of halogens is 3. The molecule has 0 N–H and O–H groups in total. The molecule has 0 unspecified atom stereocenters. The first-order valence-corrected chi connectivity index (χ1v) is 5.79. The van der Waals surface area contributed by atoms with Crippen molar-refractivity contribution in [3.05, 3.63) is 29.3 Å². The van der Waals surface area contributed by atoms with Gasteiger partial charge in [0.25, 0.3) is 0 Å². The number of alkyl halides is 3. The summed E-state index contributed by atoms with van der Waals surface area (Å²) in [4.78, 5) is 10.7. The molecule has 0 radical (unpaired) electrons. The van der Waals surface area contributed by atoms with E-state index in [4.69, 9.17) is 0 Å². The third kappa shape index (κ3) is 2.73. The summed E-state index contributed by atoms with van der Waals surface area (Å²) in [6.45, 7) is 1.26. The number of benzene rings is 1. The molecule has 100 valence electrons. The minimum atomic E-state index is -5.91. The van der Waals surface area contributed by atoms with E-state index in [1.165, 1.54) is 13.0 Å². The van der Waals surface area contributed by atoms with Crippen LogP contribution in [0.2, 0.25) is 0 Å². The van der Waals surface area contributed by atoms with E-state index in [9.17, 15) is 31.5 Å². The molecule has 1 rings (SSSR count). The summed E-state index contributed by atoms with van der Waals surface area (Å²) in [6, 6.07) is 3.21. The van der Waals surface area contributed by atoms with E-state index in [2.05, 4.69) is 4.18 Å². The molecule has 1 aromatic rings. The van der Waals surface area contributed by atoms with Crippen LogP contribution in [0.1, 0.15) is 15.9 Å². The number of carbonyl (C=O) groups is 1. The zero-order valence-electron chi connectivity index (χ0n) is 8.82. The van der Waals surface area contributed by atoms with Gasteiger partial charge in [0.05, 0.1) is 5.97 Å². The number of carbonyl (C=O) groups excluding carboxylic acids is 1. The Bertz CT molecular complexity index is 576. The molecule has 0 saturated carbocycles. The van der Waals surface area contributed by atoms with Crippen LogP contribution in [-0.4, -0.2) is 19.9 Å². The van der Waals surface area contributed by atoms with Crippen LogP contribution < -0.4 is 9.29 Å². The van der Waals surface area contributed by atoms with Crippen LogP contribution >= 0.6 is 0 Å². The van der Waals surface area contributed by atoms with E-state index >= 15 is 0 Å². The molecule has 0 aliphatic heterocycles. The van der Waals surface area contributed by atoms with Gasteiger partial charge in [-0.05, 0) is 18.6 Å². The Labute approximate surface area is 99.9 Å². The molecule has 0 atom stereocenters. The minimum Gasteiger partial charge on any atom is -0.545 e. The number of carboxylic acid groups (broad SMARTS) is 1. The van der Waals surface area contributed by atoms with Crippen LogP contribution in [0.5, 0.6) is 5.75 Å². The van der Waals surface area contributed by atoms with Gasteiger partial charge in [-0.15, -0.1) is 0 Å². The number of aromatic carboxylic acids is 1. The number of rotatable bonds is 3. The zero-order valence-corrected chi connectivity index (χ0v) is 9.63. The Kier molecular flexibility index (Phi) is 3.56. The number of hydrogen-bond donors (Lipinski definition) is 0. The minimum absolute atomic E-state index is 0.0184. The topological polar surface area (TPSA) is 83.5 Å². The molecule has 0 spiro atoms. The summed E-state index contributed by atoms with van der Waals surface area (Å²) in [6.07, 6.45) is 0. The highest BCUT2D eigenvalue weighted by atomic mass is 32.2. The average Bonchev–Trinajstić information content (AvgIpc) is 2.14.